The highest BCUT2D eigenvalue weighted by molar-refractivity contribution is 6.11. The largest absolute Gasteiger partial charge is 0.363 e. The number of carbonyl (C=O) groups excluding carboxylic acids is 1. The second kappa shape index (κ2) is 10.2. The molecule has 0 saturated heterocycles. The fraction of sp³-hybridized carbons (Fsp3) is 0.154. The van der Waals surface area contributed by atoms with Gasteiger partial charge in [-0.05, 0) is 57.5 Å². The minimum atomic E-state index is -0.816. The first kappa shape index (κ1) is 27.5. The van der Waals surface area contributed by atoms with E-state index in [4.69, 9.17) is 0 Å². The lowest BCUT2D eigenvalue weighted by molar-refractivity contribution is -0.384. The van der Waals surface area contributed by atoms with Gasteiger partial charge in [0.15, 0.2) is 5.78 Å². The van der Waals surface area contributed by atoms with Crippen LogP contribution in [0.3, 0.4) is 0 Å². The number of nitro benzene ring substituents is 1. The molecule has 0 bridgehead atoms. The highest BCUT2D eigenvalue weighted by Gasteiger charge is 2.62. The number of nitrogens with zero attached hydrogens (tertiary/aromatic N) is 2. The van der Waals surface area contributed by atoms with E-state index in [1.165, 1.54) is 17.7 Å². The summed E-state index contributed by atoms with van der Waals surface area (Å²) in [5.41, 5.74) is 5.29. The number of allylic oxidation sites excluding steroid dienone is 2. The number of ketones is 1. The van der Waals surface area contributed by atoms with Gasteiger partial charge in [-0.25, -0.2) is 0 Å². The zero-order valence-corrected chi connectivity index (χ0v) is 24.9. The number of rotatable bonds is 5. The molecule has 44 heavy (non-hydrogen) atoms. The van der Waals surface area contributed by atoms with Crippen LogP contribution in [0.5, 0.6) is 0 Å². The summed E-state index contributed by atoms with van der Waals surface area (Å²) in [5, 5.41) is 13.9. The quantitative estimate of drug-likeness (QED) is 0.119. The Morgan fingerprint density at radius 1 is 0.773 bits per heavy atom. The normalized spacial score (nSPS) is 20.2. The van der Waals surface area contributed by atoms with Crippen molar-refractivity contribution in [3.63, 3.8) is 0 Å². The summed E-state index contributed by atoms with van der Waals surface area (Å²) in [5.74, 6) is -0.611. The lowest BCUT2D eigenvalue weighted by atomic mass is 9.57. The molecule has 1 aliphatic heterocycles. The molecule has 5 nitrogen and oxygen atoms in total. The third-order valence-corrected chi connectivity index (χ3v) is 9.74. The van der Waals surface area contributed by atoms with Gasteiger partial charge in [0.2, 0.25) is 0 Å². The number of Topliss-reactive ketones (excluding diaryl/α,β-unsaturated/α-hetero) is 1. The molecule has 0 N–H and O–H groups in total. The molecule has 0 amide bonds. The molecule has 1 heterocycles. The molecule has 0 aromatic heterocycles. The molecule has 216 valence electrons. The zero-order chi connectivity index (χ0) is 30.6. The van der Waals surface area contributed by atoms with Crippen LogP contribution in [0.1, 0.15) is 40.9 Å². The van der Waals surface area contributed by atoms with Crippen molar-refractivity contribution in [1.82, 2.24) is 0 Å². The van der Waals surface area contributed by atoms with Gasteiger partial charge in [-0.3, -0.25) is 14.9 Å². The summed E-state index contributed by atoms with van der Waals surface area (Å²) in [7, 11) is 2.11. The van der Waals surface area contributed by atoms with Gasteiger partial charge < -0.3 is 4.90 Å². The Labute approximate surface area is 256 Å². The van der Waals surface area contributed by atoms with Crippen LogP contribution in [-0.2, 0) is 5.41 Å². The van der Waals surface area contributed by atoms with Crippen LogP contribution in [0, 0.1) is 16.0 Å². The van der Waals surface area contributed by atoms with Crippen molar-refractivity contribution in [2.75, 3.05) is 11.9 Å². The van der Waals surface area contributed by atoms with Crippen LogP contribution in [0.2, 0.25) is 0 Å². The fourth-order valence-corrected chi connectivity index (χ4v) is 7.56. The van der Waals surface area contributed by atoms with Gasteiger partial charge in [-0.2, -0.15) is 0 Å². The van der Waals surface area contributed by atoms with E-state index in [-0.39, 0.29) is 11.5 Å². The molecule has 5 heteroatoms. The zero-order valence-electron chi connectivity index (χ0n) is 24.9. The molecule has 1 aliphatic carbocycles. The van der Waals surface area contributed by atoms with Gasteiger partial charge in [0, 0.05) is 41.2 Å². The predicted octanol–water partition coefficient (Wildman–Crippen LogP) is 8.89. The van der Waals surface area contributed by atoms with Gasteiger partial charge in [0.25, 0.3) is 5.69 Å². The van der Waals surface area contributed by atoms with Gasteiger partial charge in [-0.1, -0.05) is 111 Å². The van der Waals surface area contributed by atoms with Crippen molar-refractivity contribution in [3.8, 4) is 0 Å². The molecule has 0 saturated carbocycles. The van der Waals surface area contributed by atoms with Crippen molar-refractivity contribution < 1.29 is 9.72 Å². The lowest BCUT2D eigenvalue weighted by Crippen LogP contribution is -2.61. The number of non-ortho nitro benzene ring substituents is 1. The fourth-order valence-electron chi connectivity index (χ4n) is 7.56. The number of fused-ring (bicyclic) bond motifs is 3. The summed E-state index contributed by atoms with van der Waals surface area (Å²) in [6.45, 7) is 4.49. The molecule has 1 spiro atoms. The Bertz CT molecular complexity index is 1990. The summed E-state index contributed by atoms with van der Waals surface area (Å²) in [4.78, 5) is 28.5. The second-order valence-corrected chi connectivity index (χ2v) is 12.2. The number of anilines is 1. The van der Waals surface area contributed by atoms with Crippen molar-refractivity contribution in [3.05, 3.63) is 166 Å². The number of benzene rings is 5. The van der Waals surface area contributed by atoms with Crippen LogP contribution in [-0.4, -0.2) is 23.3 Å². The van der Waals surface area contributed by atoms with Crippen LogP contribution in [0.25, 0.3) is 21.9 Å². The standard InChI is InChI=1S/C39H32N2O3/c1-38(2)34-23-20-27-14-10-11-17-32(27)36(34)40(3)39(38)25-30(26-12-6-4-7-13-26)24-33(28-18-21-31(22-19-28)41(43)44)35(39)37(42)29-15-8-5-9-16-29/h4-25,35H,1-3H3/t35-,39-/m1/s1. The smallest absolute Gasteiger partial charge is 0.269 e. The van der Waals surface area contributed by atoms with E-state index in [0.717, 1.165) is 38.7 Å². The van der Waals surface area contributed by atoms with Crippen molar-refractivity contribution in [2.24, 2.45) is 5.92 Å². The monoisotopic (exact) mass is 576 g/mol. The van der Waals surface area contributed by atoms with Crippen molar-refractivity contribution in [2.45, 2.75) is 24.8 Å². The highest BCUT2D eigenvalue weighted by Crippen LogP contribution is 2.61. The third kappa shape index (κ3) is 3.96. The molecule has 7 rings (SSSR count). The summed E-state index contributed by atoms with van der Waals surface area (Å²) >= 11 is 0. The number of hydrogen-bond acceptors (Lipinski definition) is 4. The number of nitro groups is 1. The summed E-state index contributed by atoms with van der Waals surface area (Å²) in [6, 6.07) is 39.1. The second-order valence-electron chi connectivity index (χ2n) is 12.2. The van der Waals surface area contributed by atoms with E-state index in [9.17, 15) is 10.1 Å². The lowest BCUT2D eigenvalue weighted by Gasteiger charge is -2.52. The van der Waals surface area contributed by atoms with Gasteiger partial charge in [0.1, 0.15) is 0 Å². The number of carbonyl (C=O) groups is 1. The van der Waals surface area contributed by atoms with E-state index < -0.39 is 21.8 Å². The van der Waals surface area contributed by atoms with E-state index in [1.807, 2.05) is 48.5 Å². The van der Waals surface area contributed by atoms with Crippen LogP contribution < -0.4 is 4.90 Å². The maximum atomic E-state index is 15.0. The Morgan fingerprint density at radius 3 is 2.09 bits per heavy atom. The minimum Gasteiger partial charge on any atom is -0.363 e. The van der Waals surface area contributed by atoms with Crippen LogP contribution in [0.4, 0.5) is 11.4 Å². The molecular weight excluding hydrogens is 544 g/mol. The van der Waals surface area contributed by atoms with Gasteiger partial charge in [0.05, 0.1) is 16.4 Å². The Morgan fingerprint density at radius 2 is 1.41 bits per heavy atom. The Kier molecular flexibility index (Phi) is 6.36. The molecular formula is C39H32N2O3. The highest BCUT2D eigenvalue weighted by atomic mass is 16.6. The molecule has 2 aliphatic rings. The SMILES string of the molecule is CN1c2c(ccc3ccccc23)C(C)(C)[C@]12C=C(c1ccccc1)C=C(c1ccc([N+](=O)[O-])cc1)[C@@H]2C(=O)c1ccccc1. The Hall–Kier alpha value is -5.29. The number of hydrogen-bond donors (Lipinski definition) is 0. The first-order valence-electron chi connectivity index (χ1n) is 14.8. The van der Waals surface area contributed by atoms with Crippen LogP contribution >= 0.6 is 0 Å². The first-order valence-corrected chi connectivity index (χ1v) is 14.8. The molecule has 0 radical (unpaired) electrons. The average molecular weight is 577 g/mol. The maximum Gasteiger partial charge on any atom is 0.269 e. The average Bonchev–Trinajstić information content (AvgIpc) is 3.23. The van der Waals surface area contributed by atoms with E-state index in [1.54, 1.807) is 12.1 Å². The van der Waals surface area contributed by atoms with Gasteiger partial charge in [-0.15, -0.1) is 0 Å². The van der Waals surface area contributed by atoms with Crippen molar-refractivity contribution >= 4 is 39.1 Å². The third-order valence-electron chi connectivity index (χ3n) is 9.74. The minimum absolute atomic E-state index is 0.00982. The topological polar surface area (TPSA) is 63.4 Å². The summed E-state index contributed by atoms with van der Waals surface area (Å²) < 4.78 is 0. The molecule has 2 atom stereocenters. The molecule has 5 aromatic rings. The van der Waals surface area contributed by atoms with Crippen LogP contribution in [0.15, 0.2) is 133 Å². The van der Waals surface area contributed by atoms with Crippen molar-refractivity contribution in [1.29, 1.82) is 0 Å². The Balaban J connectivity index is 1.56. The molecule has 5 aromatic carbocycles. The number of likely N-dealkylation sites (N-methyl/N-ethyl adjacent to an activating group) is 1. The van der Waals surface area contributed by atoms with E-state index >= 15 is 4.79 Å². The summed E-state index contributed by atoms with van der Waals surface area (Å²) in [6.07, 6.45) is 4.41. The van der Waals surface area contributed by atoms with Gasteiger partial charge >= 0.3 is 0 Å². The molecule has 0 fully saturated rings. The maximum absolute atomic E-state index is 15.0. The predicted molar refractivity (Wildman–Crippen MR) is 178 cm³/mol. The molecule has 0 unspecified atom stereocenters. The van der Waals surface area contributed by atoms with E-state index in [2.05, 4.69) is 86.5 Å². The van der Waals surface area contributed by atoms with E-state index in [0.29, 0.717) is 5.56 Å². The first-order chi connectivity index (χ1) is 21.2.